The van der Waals surface area contributed by atoms with Crippen LogP contribution in [0, 0.1) is 0 Å². The van der Waals surface area contributed by atoms with Crippen molar-refractivity contribution in [1.29, 1.82) is 0 Å². The fourth-order valence-corrected chi connectivity index (χ4v) is 8.34. The summed E-state index contributed by atoms with van der Waals surface area (Å²) >= 11 is 0. The zero-order chi connectivity index (χ0) is 8.23. The van der Waals surface area contributed by atoms with Gasteiger partial charge in [-0.2, -0.15) is 0 Å². The first-order valence-corrected chi connectivity index (χ1v) is 8.68. The Labute approximate surface area is 87.8 Å². The van der Waals surface area contributed by atoms with E-state index in [1.807, 2.05) is 41.2 Å². The Balaban J connectivity index is 2.08. The molecule has 0 bridgehead atoms. The molecule has 12 heavy (non-hydrogen) atoms. The summed E-state index contributed by atoms with van der Waals surface area (Å²) in [5.74, 6) is 1.23. The molecule has 0 radical (unpaired) electrons. The summed E-state index contributed by atoms with van der Waals surface area (Å²) in [6, 6.07) is 10.7. The van der Waals surface area contributed by atoms with Crippen LogP contribution in [-0.2, 0) is 0 Å². The van der Waals surface area contributed by atoms with Crippen molar-refractivity contribution in [3.8, 4) is 0 Å². The summed E-state index contributed by atoms with van der Waals surface area (Å²) < 4.78 is 0. The van der Waals surface area contributed by atoms with E-state index in [2.05, 4.69) is 30.3 Å². The van der Waals surface area contributed by atoms with Gasteiger partial charge in [-0.1, -0.05) is 51.9 Å². The molecule has 1 unspecified atom stereocenters. The fourth-order valence-electron chi connectivity index (χ4n) is 1.02. The van der Waals surface area contributed by atoms with Crippen LogP contribution >= 0.6 is 41.2 Å². The van der Waals surface area contributed by atoms with Crippen LogP contribution < -0.4 is 0 Å². The van der Waals surface area contributed by atoms with Crippen molar-refractivity contribution in [3.63, 3.8) is 0 Å². The van der Waals surface area contributed by atoms with Gasteiger partial charge in [0.2, 0.25) is 0 Å². The smallest absolute Gasteiger partial charge is 0.0508 e. The third-order valence-corrected chi connectivity index (χ3v) is 8.57. The maximum Gasteiger partial charge on any atom is 0.0508 e. The van der Waals surface area contributed by atoms with E-state index < -0.39 is 0 Å². The van der Waals surface area contributed by atoms with Gasteiger partial charge in [0.05, 0.1) is 5.25 Å². The lowest BCUT2D eigenvalue weighted by molar-refractivity contribution is 1.13. The summed E-state index contributed by atoms with van der Waals surface area (Å²) in [5, 5.41) is 0.683. The van der Waals surface area contributed by atoms with E-state index in [-0.39, 0.29) is 0 Å². The zero-order valence-corrected chi connectivity index (χ0v) is 9.57. The second-order valence-corrected chi connectivity index (χ2v) is 8.57. The van der Waals surface area contributed by atoms with Gasteiger partial charge in [0, 0.05) is 5.75 Å². The quantitative estimate of drug-likeness (QED) is 0.657. The minimum Gasteiger partial charge on any atom is -0.0802 e. The lowest BCUT2D eigenvalue weighted by atomic mass is 10.2. The third kappa shape index (κ3) is 2.31. The van der Waals surface area contributed by atoms with Crippen LogP contribution in [0.25, 0.3) is 0 Å². The molecule has 1 saturated heterocycles. The molecule has 0 spiro atoms. The molecule has 1 aliphatic heterocycles. The van der Waals surface area contributed by atoms with Crippen LogP contribution in [0.5, 0.6) is 0 Å². The Kier molecular flexibility index (Phi) is 3.63. The van der Waals surface area contributed by atoms with Crippen LogP contribution in [0.4, 0.5) is 0 Å². The summed E-state index contributed by atoms with van der Waals surface area (Å²) in [6.45, 7) is 0. The highest BCUT2D eigenvalue weighted by Gasteiger charge is 2.17. The summed E-state index contributed by atoms with van der Waals surface area (Å²) in [7, 11) is 7.72. The molecule has 4 heteroatoms. The van der Waals surface area contributed by atoms with Crippen molar-refractivity contribution >= 4 is 41.2 Å². The van der Waals surface area contributed by atoms with E-state index >= 15 is 0 Å². The lowest BCUT2D eigenvalue weighted by Gasteiger charge is -2.18. The molecule has 0 N–H and O–H groups in total. The Morgan fingerprint density at radius 2 is 1.92 bits per heavy atom. The summed E-state index contributed by atoms with van der Waals surface area (Å²) in [6.07, 6.45) is 0. The molecular formula is C8H8S4. The van der Waals surface area contributed by atoms with Gasteiger partial charge in [-0.25, -0.2) is 0 Å². The molecular weight excluding hydrogens is 224 g/mol. The van der Waals surface area contributed by atoms with Gasteiger partial charge in [-0.05, 0) is 25.2 Å². The Morgan fingerprint density at radius 1 is 1.08 bits per heavy atom. The minimum absolute atomic E-state index is 0.683. The van der Waals surface area contributed by atoms with E-state index in [4.69, 9.17) is 0 Å². The standard InChI is InChI=1S/C8H8S4/c1-2-4-7(5-3-1)8-6-9-11-12-10-8/h1-5,8H,6H2. The van der Waals surface area contributed by atoms with Gasteiger partial charge in [-0.3, -0.25) is 0 Å². The topological polar surface area (TPSA) is 0 Å². The van der Waals surface area contributed by atoms with Crippen LogP contribution in [0.3, 0.4) is 0 Å². The predicted octanol–water partition coefficient (Wildman–Crippen LogP) is 4.42. The van der Waals surface area contributed by atoms with Crippen molar-refractivity contribution in [3.05, 3.63) is 35.9 Å². The molecule has 0 aromatic heterocycles. The van der Waals surface area contributed by atoms with Gasteiger partial charge in [-0.15, -0.1) is 0 Å². The molecule has 0 amide bonds. The molecule has 1 heterocycles. The average Bonchev–Trinajstić information content (AvgIpc) is 2.21. The van der Waals surface area contributed by atoms with E-state index in [9.17, 15) is 0 Å². The summed E-state index contributed by atoms with van der Waals surface area (Å²) in [4.78, 5) is 0. The second-order valence-electron chi connectivity index (χ2n) is 2.42. The van der Waals surface area contributed by atoms with Gasteiger partial charge in [0.1, 0.15) is 0 Å². The Hall–Kier alpha value is 0.620. The Bertz CT molecular complexity index is 230. The molecule has 1 aromatic carbocycles. The molecule has 1 fully saturated rings. The van der Waals surface area contributed by atoms with Crippen molar-refractivity contribution < 1.29 is 0 Å². The number of hydrogen-bond donors (Lipinski definition) is 0. The van der Waals surface area contributed by atoms with Crippen molar-refractivity contribution in [2.75, 3.05) is 5.75 Å². The zero-order valence-electron chi connectivity index (χ0n) is 6.30. The highest BCUT2D eigenvalue weighted by Crippen LogP contribution is 2.56. The Morgan fingerprint density at radius 3 is 2.58 bits per heavy atom. The normalized spacial score (nSPS) is 23.8. The first-order chi connectivity index (χ1) is 5.97. The van der Waals surface area contributed by atoms with Crippen molar-refractivity contribution in [1.82, 2.24) is 0 Å². The molecule has 1 aliphatic rings. The number of hydrogen-bond acceptors (Lipinski definition) is 4. The van der Waals surface area contributed by atoms with E-state index in [1.54, 1.807) is 0 Å². The monoisotopic (exact) mass is 232 g/mol. The van der Waals surface area contributed by atoms with Crippen LogP contribution in [-0.4, -0.2) is 5.75 Å². The molecule has 1 atom stereocenters. The van der Waals surface area contributed by atoms with Crippen LogP contribution in [0.1, 0.15) is 10.8 Å². The van der Waals surface area contributed by atoms with E-state index in [0.717, 1.165) is 0 Å². The molecule has 2 rings (SSSR count). The minimum atomic E-state index is 0.683. The number of rotatable bonds is 1. The lowest BCUT2D eigenvalue weighted by Crippen LogP contribution is -1.96. The van der Waals surface area contributed by atoms with Gasteiger partial charge in [0.15, 0.2) is 0 Å². The second kappa shape index (κ2) is 4.74. The maximum atomic E-state index is 2.22. The first-order valence-electron chi connectivity index (χ1n) is 3.63. The average molecular weight is 232 g/mol. The van der Waals surface area contributed by atoms with E-state index in [0.29, 0.717) is 5.25 Å². The molecule has 0 aliphatic carbocycles. The van der Waals surface area contributed by atoms with Gasteiger partial charge >= 0.3 is 0 Å². The highest BCUT2D eigenvalue weighted by molar-refractivity contribution is 9.26. The van der Waals surface area contributed by atoms with E-state index in [1.165, 1.54) is 11.3 Å². The van der Waals surface area contributed by atoms with Crippen molar-refractivity contribution in [2.24, 2.45) is 0 Å². The predicted molar refractivity (Wildman–Crippen MR) is 64.4 cm³/mol. The fraction of sp³-hybridized carbons (Fsp3) is 0.250. The highest BCUT2D eigenvalue weighted by atomic mass is 33.7. The molecule has 0 nitrogen and oxygen atoms in total. The molecule has 1 aromatic rings. The first kappa shape index (κ1) is 9.19. The molecule has 64 valence electrons. The number of benzene rings is 1. The van der Waals surface area contributed by atoms with Gasteiger partial charge in [0.25, 0.3) is 0 Å². The molecule has 0 saturated carbocycles. The van der Waals surface area contributed by atoms with Crippen LogP contribution in [0.15, 0.2) is 30.3 Å². The SMILES string of the molecule is c1ccc(C2CSSSS2)cc1. The third-order valence-electron chi connectivity index (χ3n) is 1.62. The maximum absolute atomic E-state index is 2.22. The largest absolute Gasteiger partial charge is 0.0802 e. The van der Waals surface area contributed by atoms with Gasteiger partial charge < -0.3 is 0 Å². The summed E-state index contributed by atoms with van der Waals surface area (Å²) in [5.41, 5.74) is 1.46. The van der Waals surface area contributed by atoms with Crippen molar-refractivity contribution in [2.45, 2.75) is 5.25 Å². The van der Waals surface area contributed by atoms with Crippen LogP contribution in [0.2, 0.25) is 0 Å².